The Kier molecular flexibility index (Phi) is 3.35. The molecule has 1 heterocycles. The standard InChI is InChI=1S/C16H11ClN4/c17-13-4-1-12(10-18)15(9-13)21-8-7-20-16(21)11-2-5-14(19)6-3-11/h1-9H,19H2. The molecule has 0 atom stereocenters. The third-order valence-corrected chi connectivity index (χ3v) is 3.38. The fraction of sp³-hybridized carbons (Fsp3) is 0. The summed E-state index contributed by atoms with van der Waals surface area (Å²) in [5.74, 6) is 0.730. The number of imidazole rings is 1. The first-order chi connectivity index (χ1) is 10.2. The number of halogens is 1. The molecule has 0 unspecified atom stereocenters. The van der Waals surface area contributed by atoms with Gasteiger partial charge in [0.2, 0.25) is 0 Å². The second-order valence-electron chi connectivity index (χ2n) is 4.52. The molecule has 0 fully saturated rings. The number of nitrogen functional groups attached to an aromatic ring is 1. The third-order valence-electron chi connectivity index (χ3n) is 3.15. The maximum Gasteiger partial charge on any atom is 0.144 e. The molecule has 5 heteroatoms. The van der Waals surface area contributed by atoms with Gasteiger partial charge in [0.25, 0.3) is 0 Å². The van der Waals surface area contributed by atoms with Gasteiger partial charge in [-0.1, -0.05) is 11.6 Å². The van der Waals surface area contributed by atoms with Crippen LogP contribution in [0.25, 0.3) is 17.1 Å². The van der Waals surface area contributed by atoms with Gasteiger partial charge in [-0.25, -0.2) is 4.98 Å². The Morgan fingerprint density at radius 3 is 2.62 bits per heavy atom. The predicted octanol–water partition coefficient (Wildman–Crippen LogP) is 3.65. The van der Waals surface area contributed by atoms with Crippen LogP contribution in [-0.2, 0) is 0 Å². The molecule has 0 amide bonds. The Labute approximate surface area is 127 Å². The first-order valence-corrected chi connectivity index (χ1v) is 6.66. The minimum Gasteiger partial charge on any atom is -0.399 e. The number of nitriles is 1. The van der Waals surface area contributed by atoms with Gasteiger partial charge in [-0.2, -0.15) is 5.26 Å². The van der Waals surface area contributed by atoms with Crippen LogP contribution in [0.15, 0.2) is 54.9 Å². The van der Waals surface area contributed by atoms with Crippen molar-refractivity contribution in [2.24, 2.45) is 0 Å². The largest absolute Gasteiger partial charge is 0.399 e. The minimum atomic E-state index is 0.536. The monoisotopic (exact) mass is 294 g/mol. The summed E-state index contributed by atoms with van der Waals surface area (Å²) >= 11 is 6.05. The normalized spacial score (nSPS) is 10.3. The van der Waals surface area contributed by atoms with Crippen LogP contribution in [-0.4, -0.2) is 9.55 Å². The molecule has 0 aliphatic carbocycles. The maximum absolute atomic E-state index is 9.26. The molecular weight excluding hydrogens is 284 g/mol. The average molecular weight is 295 g/mol. The van der Waals surface area contributed by atoms with Crippen LogP contribution >= 0.6 is 11.6 Å². The summed E-state index contributed by atoms with van der Waals surface area (Å²) < 4.78 is 1.84. The Morgan fingerprint density at radius 2 is 1.90 bits per heavy atom. The molecule has 0 aliphatic heterocycles. The highest BCUT2D eigenvalue weighted by atomic mass is 35.5. The number of nitrogens with zero attached hydrogens (tertiary/aromatic N) is 3. The quantitative estimate of drug-likeness (QED) is 0.734. The molecule has 2 N–H and O–H groups in total. The van der Waals surface area contributed by atoms with Crippen molar-refractivity contribution in [1.82, 2.24) is 9.55 Å². The van der Waals surface area contributed by atoms with E-state index in [2.05, 4.69) is 11.1 Å². The lowest BCUT2D eigenvalue weighted by Gasteiger charge is -2.10. The van der Waals surface area contributed by atoms with Gasteiger partial charge in [-0.3, -0.25) is 4.57 Å². The van der Waals surface area contributed by atoms with Crippen LogP contribution < -0.4 is 5.73 Å². The lowest BCUT2D eigenvalue weighted by molar-refractivity contribution is 1.06. The zero-order valence-electron chi connectivity index (χ0n) is 11.0. The summed E-state index contributed by atoms with van der Waals surface area (Å²) in [5, 5.41) is 9.83. The molecule has 0 bridgehead atoms. The van der Waals surface area contributed by atoms with E-state index in [1.54, 1.807) is 30.6 Å². The summed E-state index contributed by atoms with van der Waals surface area (Å²) in [6.45, 7) is 0. The highest BCUT2D eigenvalue weighted by Crippen LogP contribution is 2.26. The molecule has 0 radical (unpaired) electrons. The molecule has 1 aromatic heterocycles. The summed E-state index contributed by atoms with van der Waals surface area (Å²) in [5.41, 5.74) is 8.55. The molecule has 0 saturated carbocycles. The molecule has 21 heavy (non-hydrogen) atoms. The maximum atomic E-state index is 9.26. The highest BCUT2D eigenvalue weighted by molar-refractivity contribution is 6.30. The Bertz CT molecular complexity index is 828. The topological polar surface area (TPSA) is 67.6 Å². The molecule has 0 saturated heterocycles. The number of nitrogens with two attached hydrogens (primary N) is 1. The highest BCUT2D eigenvalue weighted by Gasteiger charge is 2.11. The fourth-order valence-electron chi connectivity index (χ4n) is 2.14. The number of hydrogen-bond donors (Lipinski definition) is 1. The van der Waals surface area contributed by atoms with Gasteiger partial charge in [0, 0.05) is 28.7 Å². The molecule has 0 spiro atoms. The summed E-state index contributed by atoms with van der Waals surface area (Å²) in [6, 6.07) is 14.7. The van der Waals surface area contributed by atoms with Gasteiger partial charge in [0.1, 0.15) is 11.9 Å². The van der Waals surface area contributed by atoms with Crippen molar-refractivity contribution in [3.8, 4) is 23.1 Å². The van der Waals surface area contributed by atoms with Crippen LogP contribution in [0.5, 0.6) is 0 Å². The Balaban J connectivity index is 2.18. The van der Waals surface area contributed by atoms with Gasteiger partial charge in [0.15, 0.2) is 0 Å². The van der Waals surface area contributed by atoms with Crippen molar-refractivity contribution in [2.45, 2.75) is 0 Å². The zero-order chi connectivity index (χ0) is 14.8. The summed E-state index contributed by atoms with van der Waals surface area (Å²) in [4.78, 5) is 4.37. The van der Waals surface area contributed by atoms with E-state index in [0.29, 0.717) is 22.0 Å². The molecular formula is C16H11ClN4. The molecule has 2 aromatic carbocycles. The molecule has 3 rings (SSSR count). The van der Waals surface area contributed by atoms with Crippen molar-refractivity contribution in [1.29, 1.82) is 5.26 Å². The van der Waals surface area contributed by atoms with Crippen molar-refractivity contribution >= 4 is 17.3 Å². The van der Waals surface area contributed by atoms with E-state index in [1.807, 2.05) is 28.8 Å². The fourth-order valence-corrected chi connectivity index (χ4v) is 2.31. The molecule has 4 nitrogen and oxygen atoms in total. The van der Waals surface area contributed by atoms with Gasteiger partial charge < -0.3 is 5.73 Å². The van der Waals surface area contributed by atoms with Crippen molar-refractivity contribution in [2.75, 3.05) is 5.73 Å². The second kappa shape index (κ2) is 5.31. The summed E-state index contributed by atoms with van der Waals surface area (Å²) in [6.07, 6.45) is 3.49. The Morgan fingerprint density at radius 1 is 1.14 bits per heavy atom. The van der Waals surface area contributed by atoms with Gasteiger partial charge in [0.05, 0.1) is 11.3 Å². The third kappa shape index (κ3) is 2.47. The second-order valence-corrected chi connectivity index (χ2v) is 4.95. The molecule has 3 aromatic rings. The van der Waals surface area contributed by atoms with Crippen LogP contribution in [0.4, 0.5) is 5.69 Å². The van der Waals surface area contributed by atoms with Crippen LogP contribution in [0.2, 0.25) is 5.02 Å². The molecule has 0 aliphatic rings. The zero-order valence-corrected chi connectivity index (χ0v) is 11.7. The number of hydrogen-bond acceptors (Lipinski definition) is 3. The lowest BCUT2D eigenvalue weighted by atomic mass is 10.1. The van der Waals surface area contributed by atoms with Crippen LogP contribution in [0, 0.1) is 11.3 Å². The summed E-state index contributed by atoms with van der Waals surface area (Å²) in [7, 11) is 0. The van der Waals surface area contributed by atoms with Gasteiger partial charge >= 0.3 is 0 Å². The van der Waals surface area contributed by atoms with E-state index < -0.39 is 0 Å². The number of benzene rings is 2. The predicted molar refractivity (Wildman–Crippen MR) is 83.1 cm³/mol. The van der Waals surface area contributed by atoms with E-state index in [0.717, 1.165) is 11.4 Å². The van der Waals surface area contributed by atoms with E-state index in [-0.39, 0.29) is 0 Å². The lowest BCUT2D eigenvalue weighted by Crippen LogP contribution is -1.99. The van der Waals surface area contributed by atoms with Crippen LogP contribution in [0.1, 0.15) is 5.56 Å². The van der Waals surface area contributed by atoms with E-state index in [1.165, 1.54) is 0 Å². The average Bonchev–Trinajstić information content (AvgIpc) is 2.97. The van der Waals surface area contributed by atoms with Crippen molar-refractivity contribution in [3.63, 3.8) is 0 Å². The van der Waals surface area contributed by atoms with Crippen molar-refractivity contribution in [3.05, 3.63) is 65.4 Å². The Hall–Kier alpha value is -2.77. The number of rotatable bonds is 2. The SMILES string of the molecule is N#Cc1ccc(Cl)cc1-n1ccnc1-c1ccc(N)cc1. The minimum absolute atomic E-state index is 0.536. The van der Waals surface area contributed by atoms with Gasteiger partial charge in [-0.15, -0.1) is 0 Å². The van der Waals surface area contributed by atoms with Crippen molar-refractivity contribution < 1.29 is 0 Å². The van der Waals surface area contributed by atoms with E-state index in [9.17, 15) is 5.26 Å². The van der Waals surface area contributed by atoms with Crippen LogP contribution in [0.3, 0.4) is 0 Å². The first-order valence-electron chi connectivity index (χ1n) is 6.28. The van der Waals surface area contributed by atoms with E-state index >= 15 is 0 Å². The number of anilines is 1. The van der Waals surface area contributed by atoms with Gasteiger partial charge in [-0.05, 0) is 42.5 Å². The molecule has 102 valence electrons. The number of aromatic nitrogens is 2. The van der Waals surface area contributed by atoms with E-state index in [4.69, 9.17) is 17.3 Å². The first kappa shape index (κ1) is 13.2. The smallest absolute Gasteiger partial charge is 0.144 e.